The van der Waals surface area contributed by atoms with Crippen LogP contribution in [0.5, 0.6) is 0 Å². The Labute approximate surface area is 102 Å². The molecule has 0 unspecified atom stereocenters. The second kappa shape index (κ2) is 4.21. The van der Waals surface area contributed by atoms with Crippen molar-refractivity contribution in [1.29, 1.82) is 0 Å². The highest BCUT2D eigenvalue weighted by molar-refractivity contribution is 5.69. The maximum Gasteiger partial charge on any atom is 0.260 e. The number of nitrogens with zero attached hydrogens (tertiary/aromatic N) is 5. The van der Waals surface area contributed by atoms with Crippen molar-refractivity contribution in [1.82, 2.24) is 25.1 Å². The molecule has 0 aliphatic heterocycles. The maximum atomic E-state index is 5.78. The van der Waals surface area contributed by atoms with Gasteiger partial charge in [-0.05, 0) is 12.1 Å². The van der Waals surface area contributed by atoms with E-state index in [1.807, 2.05) is 0 Å². The molecule has 0 atom stereocenters. The number of aromatic nitrogens is 5. The van der Waals surface area contributed by atoms with Gasteiger partial charge >= 0.3 is 0 Å². The molecule has 7 nitrogen and oxygen atoms in total. The fourth-order valence-corrected chi connectivity index (χ4v) is 1.44. The number of hydrogen-bond donors (Lipinski definition) is 1. The van der Waals surface area contributed by atoms with Gasteiger partial charge in [0, 0.05) is 18.6 Å². The Kier molecular flexibility index (Phi) is 2.41. The van der Waals surface area contributed by atoms with Crippen LogP contribution in [0.4, 0.5) is 5.69 Å². The Bertz CT molecular complexity index is 666. The summed E-state index contributed by atoms with van der Waals surface area (Å²) in [6.07, 6.45) is 6.35. The number of nitrogen functional groups attached to an aromatic ring is 1. The van der Waals surface area contributed by atoms with E-state index in [0.717, 1.165) is 0 Å². The molecule has 7 heteroatoms. The molecule has 0 aliphatic rings. The third-order valence-electron chi connectivity index (χ3n) is 2.27. The number of hydrogen-bond acceptors (Lipinski definition) is 7. The van der Waals surface area contributed by atoms with Gasteiger partial charge in [-0.1, -0.05) is 5.16 Å². The van der Waals surface area contributed by atoms with E-state index >= 15 is 0 Å². The minimum Gasteiger partial charge on any atom is -0.397 e. The Hall–Kier alpha value is -2.83. The van der Waals surface area contributed by atoms with Crippen molar-refractivity contribution in [2.24, 2.45) is 0 Å². The predicted octanol–water partition coefficient (Wildman–Crippen LogP) is 1.17. The van der Waals surface area contributed by atoms with E-state index in [9.17, 15) is 0 Å². The zero-order valence-corrected chi connectivity index (χ0v) is 9.19. The van der Waals surface area contributed by atoms with E-state index in [1.54, 1.807) is 30.7 Å². The van der Waals surface area contributed by atoms with Gasteiger partial charge in [0.2, 0.25) is 11.6 Å². The van der Waals surface area contributed by atoms with Crippen LogP contribution in [0.2, 0.25) is 0 Å². The van der Waals surface area contributed by atoms with E-state index in [4.69, 9.17) is 10.3 Å². The van der Waals surface area contributed by atoms with Crippen molar-refractivity contribution in [3.63, 3.8) is 0 Å². The van der Waals surface area contributed by atoms with Crippen LogP contribution in [0.25, 0.3) is 23.1 Å². The molecule has 3 aromatic rings. The minimum atomic E-state index is 0.317. The Morgan fingerprint density at radius 3 is 2.67 bits per heavy atom. The van der Waals surface area contributed by atoms with Crippen LogP contribution >= 0.6 is 0 Å². The molecule has 0 saturated carbocycles. The zero-order chi connectivity index (χ0) is 12.4. The summed E-state index contributed by atoms with van der Waals surface area (Å²) in [7, 11) is 0. The SMILES string of the molecule is Nc1cnccc1-c1nc(-c2ncccn2)no1. The van der Waals surface area contributed by atoms with Gasteiger partial charge in [-0.25, -0.2) is 9.97 Å². The third-order valence-corrected chi connectivity index (χ3v) is 2.27. The summed E-state index contributed by atoms with van der Waals surface area (Å²) < 4.78 is 5.14. The van der Waals surface area contributed by atoms with E-state index in [-0.39, 0.29) is 0 Å². The molecule has 0 aromatic carbocycles. The van der Waals surface area contributed by atoms with Crippen LogP contribution in [0, 0.1) is 0 Å². The van der Waals surface area contributed by atoms with Gasteiger partial charge in [-0.3, -0.25) is 4.98 Å². The molecule has 88 valence electrons. The van der Waals surface area contributed by atoms with Gasteiger partial charge in [0.25, 0.3) is 5.89 Å². The Balaban J connectivity index is 2.03. The van der Waals surface area contributed by atoms with Crippen LogP contribution in [0.1, 0.15) is 0 Å². The molecule has 0 amide bonds. The van der Waals surface area contributed by atoms with Crippen molar-refractivity contribution >= 4 is 5.69 Å². The summed E-state index contributed by atoms with van der Waals surface area (Å²) >= 11 is 0. The number of nitrogens with two attached hydrogens (primary N) is 1. The topological polar surface area (TPSA) is 104 Å². The monoisotopic (exact) mass is 240 g/mol. The van der Waals surface area contributed by atoms with Gasteiger partial charge in [0.05, 0.1) is 17.4 Å². The van der Waals surface area contributed by atoms with Gasteiger partial charge in [-0.15, -0.1) is 0 Å². The summed E-state index contributed by atoms with van der Waals surface area (Å²) in [6.45, 7) is 0. The fraction of sp³-hybridized carbons (Fsp3) is 0. The molecule has 2 N–H and O–H groups in total. The standard InChI is InChI=1S/C11H8N6O/c12-8-6-13-5-2-7(8)11-16-10(17-18-11)9-14-3-1-4-15-9/h1-6H,12H2. The van der Waals surface area contributed by atoms with Gasteiger partial charge in [0.1, 0.15) is 0 Å². The molecule has 3 heterocycles. The lowest BCUT2D eigenvalue weighted by Gasteiger charge is -1.96. The molecule has 3 aromatic heterocycles. The Morgan fingerprint density at radius 2 is 1.89 bits per heavy atom. The van der Waals surface area contributed by atoms with E-state index < -0.39 is 0 Å². The van der Waals surface area contributed by atoms with E-state index in [0.29, 0.717) is 28.8 Å². The molecule has 0 fully saturated rings. The summed E-state index contributed by atoms with van der Waals surface area (Å²) in [5.74, 6) is 1.04. The number of anilines is 1. The molecule has 0 radical (unpaired) electrons. The van der Waals surface area contributed by atoms with Crippen molar-refractivity contribution < 1.29 is 4.52 Å². The van der Waals surface area contributed by atoms with Gasteiger partial charge in [-0.2, -0.15) is 4.98 Å². The van der Waals surface area contributed by atoms with Crippen molar-refractivity contribution in [2.75, 3.05) is 5.73 Å². The normalized spacial score (nSPS) is 10.4. The maximum absolute atomic E-state index is 5.78. The molecule has 0 aliphatic carbocycles. The van der Waals surface area contributed by atoms with Crippen LogP contribution in [-0.2, 0) is 0 Å². The van der Waals surface area contributed by atoms with Crippen LogP contribution in [0.15, 0.2) is 41.4 Å². The van der Waals surface area contributed by atoms with Crippen LogP contribution < -0.4 is 5.73 Å². The van der Waals surface area contributed by atoms with Gasteiger partial charge < -0.3 is 10.3 Å². The molecule has 0 saturated heterocycles. The highest BCUT2D eigenvalue weighted by Gasteiger charge is 2.14. The predicted molar refractivity (Wildman–Crippen MR) is 63.0 cm³/mol. The van der Waals surface area contributed by atoms with Crippen molar-refractivity contribution in [2.45, 2.75) is 0 Å². The molecule has 0 bridgehead atoms. The van der Waals surface area contributed by atoms with Gasteiger partial charge in [0.15, 0.2) is 0 Å². The molecule has 18 heavy (non-hydrogen) atoms. The second-order valence-electron chi connectivity index (χ2n) is 3.46. The minimum absolute atomic E-state index is 0.317. The smallest absolute Gasteiger partial charge is 0.260 e. The summed E-state index contributed by atoms with van der Waals surface area (Å²) in [5, 5.41) is 3.82. The largest absolute Gasteiger partial charge is 0.397 e. The lowest BCUT2D eigenvalue weighted by atomic mass is 10.2. The van der Waals surface area contributed by atoms with Crippen LogP contribution in [0.3, 0.4) is 0 Å². The highest BCUT2D eigenvalue weighted by atomic mass is 16.5. The number of pyridine rings is 1. The molecular formula is C11H8N6O. The average molecular weight is 240 g/mol. The highest BCUT2D eigenvalue weighted by Crippen LogP contribution is 2.24. The van der Waals surface area contributed by atoms with E-state index in [2.05, 4.69) is 25.1 Å². The summed E-state index contributed by atoms with van der Waals surface area (Å²) in [5.41, 5.74) is 6.89. The molecule has 0 spiro atoms. The average Bonchev–Trinajstić information content (AvgIpc) is 2.90. The number of rotatable bonds is 2. The van der Waals surface area contributed by atoms with Crippen molar-refractivity contribution in [3.05, 3.63) is 36.9 Å². The second-order valence-corrected chi connectivity index (χ2v) is 3.46. The van der Waals surface area contributed by atoms with E-state index in [1.165, 1.54) is 6.20 Å². The van der Waals surface area contributed by atoms with Crippen molar-refractivity contribution in [3.8, 4) is 23.1 Å². The Morgan fingerprint density at radius 1 is 1.06 bits per heavy atom. The first-order valence-electron chi connectivity index (χ1n) is 5.15. The fourth-order valence-electron chi connectivity index (χ4n) is 1.44. The molecule has 3 rings (SSSR count). The summed E-state index contributed by atoms with van der Waals surface area (Å²) in [6, 6.07) is 3.42. The quantitative estimate of drug-likeness (QED) is 0.716. The first-order valence-corrected chi connectivity index (χ1v) is 5.15. The zero-order valence-electron chi connectivity index (χ0n) is 9.19. The molecular weight excluding hydrogens is 232 g/mol. The summed E-state index contributed by atoms with van der Waals surface area (Å²) in [4.78, 5) is 16.2. The first-order chi connectivity index (χ1) is 8.84. The lowest BCUT2D eigenvalue weighted by Crippen LogP contribution is -1.91. The third kappa shape index (κ3) is 1.77. The first kappa shape index (κ1) is 10.3. The van der Waals surface area contributed by atoms with Crippen LogP contribution in [-0.4, -0.2) is 25.1 Å². The lowest BCUT2D eigenvalue weighted by molar-refractivity contribution is 0.432.